The van der Waals surface area contributed by atoms with Crippen LogP contribution in [0, 0.1) is 12.8 Å². The minimum Gasteiger partial charge on any atom is -0.467 e. The maximum atomic E-state index is 12.2. The Morgan fingerprint density at radius 3 is 2.71 bits per heavy atom. The highest BCUT2D eigenvalue weighted by Crippen LogP contribution is 2.24. The van der Waals surface area contributed by atoms with E-state index in [0.717, 1.165) is 10.6 Å². The molecule has 2 rings (SSSR count). The van der Waals surface area contributed by atoms with Crippen molar-refractivity contribution in [3.05, 3.63) is 40.9 Å². The predicted molar refractivity (Wildman–Crippen MR) is 94.8 cm³/mol. The molecule has 0 spiro atoms. The number of methoxy groups -OCH3 is 1. The summed E-state index contributed by atoms with van der Waals surface area (Å²) in [5.74, 6) is -0.711. The second-order valence-electron chi connectivity index (χ2n) is 6.00. The SMILES string of the molecule is COC(=O)C(NC(=O)Cc1csc(-c2cccc(C)c2)n1)C(C)C. The fourth-order valence-electron chi connectivity index (χ4n) is 2.31. The highest BCUT2D eigenvalue weighted by Gasteiger charge is 2.25. The van der Waals surface area contributed by atoms with Gasteiger partial charge in [-0.25, -0.2) is 9.78 Å². The molecule has 1 aromatic carbocycles. The molecule has 0 saturated heterocycles. The van der Waals surface area contributed by atoms with Crippen LogP contribution in [0.5, 0.6) is 0 Å². The van der Waals surface area contributed by atoms with Crippen molar-refractivity contribution in [3.63, 3.8) is 0 Å². The van der Waals surface area contributed by atoms with E-state index in [9.17, 15) is 9.59 Å². The van der Waals surface area contributed by atoms with Gasteiger partial charge < -0.3 is 10.1 Å². The quantitative estimate of drug-likeness (QED) is 0.817. The summed E-state index contributed by atoms with van der Waals surface area (Å²) in [6.45, 7) is 5.76. The largest absolute Gasteiger partial charge is 0.467 e. The van der Waals surface area contributed by atoms with E-state index in [1.807, 2.05) is 44.4 Å². The lowest BCUT2D eigenvalue weighted by Crippen LogP contribution is -2.45. The second kappa shape index (κ2) is 8.06. The number of rotatable bonds is 6. The lowest BCUT2D eigenvalue weighted by molar-refractivity contribution is -0.146. The number of nitrogens with zero attached hydrogens (tertiary/aromatic N) is 1. The third-order valence-electron chi connectivity index (χ3n) is 3.60. The normalized spacial score (nSPS) is 12.0. The smallest absolute Gasteiger partial charge is 0.328 e. The number of aryl methyl sites for hydroxylation is 1. The second-order valence-corrected chi connectivity index (χ2v) is 6.86. The van der Waals surface area contributed by atoms with Crippen LogP contribution in [0.3, 0.4) is 0 Å². The van der Waals surface area contributed by atoms with Crippen molar-refractivity contribution in [2.24, 2.45) is 5.92 Å². The monoisotopic (exact) mass is 346 g/mol. The molecule has 0 bridgehead atoms. The molecule has 6 heteroatoms. The Balaban J connectivity index is 2.03. The molecule has 0 radical (unpaired) electrons. The molecule has 0 fully saturated rings. The Labute approximate surface area is 146 Å². The Hall–Kier alpha value is -2.21. The van der Waals surface area contributed by atoms with Crippen LogP contribution >= 0.6 is 11.3 Å². The molecule has 1 N–H and O–H groups in total. The van der Waals surface area contributed by atoms with E-state index in [1.54, 1.807) is 0 Å². The molecule has 2 aromatic rings. The Morgan fingerprint density at radius 2 is 2.08 bits per heavy atom. The maximum Gasteiger partial charge on any atom is 0.328 e. The van der Waals surface area contributed by atoms with Crippen LogP contribution < -0.4 is 5.32 Å². The van der Waals surface area contributed by atoms with Gasteiger partial charge in [0.05, 0.1) is 19.2 Å². The van der Waals surface area contributed by atoms with E-state index in [0.29, 0.717) is 5.69 Å². The number of nitrogens with one attached hydrogen (secondary N) is 1. The van der Waals surface area contributed by atoms with Gasteiger partial charge in [-0.2, -0.15) is 0 Å². The highest BCUT2D eigenvalue weighted by molar-refractivity contribution is 7.13. The number of ether oxygens (including phenoxy) is 1. The van der Waals surface area contributed by atoms with E-state index in [1.165, 1.54) is 24.0 Å². The zero-order chi connectivity index (χ0) is 17.7. The molecule has 1 atom stereocenters. The summed E-state index contributed by atoms with van der Waals surface area (Å²) in [6, 6.07) is 7.44. The average molecular weight is 346 g/mol. The maximum absolute atomic E-state index is 12.2. The molecule has 1 amide bonds. The van der Waals surface area contributed by atoms with E-state index in [-0.39, 0.29) is 18.2 Å². The first kappa shape index (κ1) is 18.1. The van der Waals surface area contributed by atoms with Gasteiger partial charge in [0, 0.05) is 10.9 Å². The molecular weight excluding hydrogens is 324 g/mol. The summed E-state index contributed by atoms with van der Waals surface area (Å²) < 4.78 is 4.73. The number of amides is 1. The number of aromatic nitrogens is 1. The van der Waals surface area contributed by atoms with E-state index in [4.69, 9.17) is 4.74 Å². The van der Waals surface area contributed by atoms with Gasteiger partial charge in [-0.15, -0.1) is 11.3 Å². The van der Waals surface area contributed by atoms with Crippen molar-refractivity contribution < 1.29 is 14.3 Å². The molecule has 1 aromatic heterocycles. The first-order chi connectivity index (χ1) is 11.4. The fourth-order valence-corrected chi connectivity index (χ4v) is 3.13. The average Bonchev–Trinajstić information content (AvgIpc) is 3.00. The van der Waals surface area contributed by atoms with Crippen LogP contribution in [0.25, 0.3) is 10.6 Å². The Kier molecular flexibility index (Phi) is 6.09. The minimum atomic E-state index is -0.641. The van der Waals surface area contributed by atoms with Gasteiger partial charge in [-0.1, -0.05) is 37.6 Å². The molecule has 24 heavy (non-hydrogen) atoms. The summed E-state index contributed by atoms with van der Waals surface area (Å²) in [5, 5.41) is 5.48. The third kappa shape index (κ3) is 4.64. The van der Waals surface area contributed by atoms with Crippen molar-refractivity contribution in [1.82, 2.24) is 10.3 Å². The summed E-state index contributed by atoms with van der Waals surface area (Å²) in [4.78, 5) is 28.4. The minimum absolute atomic E-state index is 0.0420. The number of thiazole rings is 1. The number of carbonyl (C=O) groups excluding carboxylic acids is 2. The van der Waals surface area contributed by atoms with Crippen molar-refractivity contribution >= 4 is 23.2 Å². The molecular formula is C18H22N2O3S. The van der Waals surface area contributed by atoms with Crippen LogP contribution in [0.1, 0.15) is 25.1 Å². The van der Waals surface area contributed by atoms with Crippen LogP contribution in [0.2, 0.25) is 0 Å². The van der Waals surface area contributed by atoms with Crippen LogP contribution in [0.4, 0.5) is 0 Å². The standard InChI is InChI=1S/C18H22N2O3S/c1-11(2)16(18(22)23-4)20-15(21)9-14-10-24-17(19-14)13-7-5-6-12(3)8-13/h5-8,10-11,16H,9H2,1-4H3,(H,20,21). The van der Waals surface area contributed by atoms with Gasteiger partial charge in [0.1, 0.15) is 11.0 Å². The molecule has 1 unspecified atom stereocenters. The van der Waals surface area contributed by atoms with Crippen LogP contribution in [-0.2, 0) is 20.7 Å². The zero-order valence-corrected chi connectivity index (χ0v) is 15.1. The fraction of sp³-hybridized carbons (Fsp3) is 0.389. The Bertz CT molecular complexity index is 725. The van der Waals surface area contributed by atoms with Gasteiger partial charge in [0.2, 0.25) is 5.91 Å². The molecule has 0 aliphatic carbocycles. The molecule has 128 valence electrons. The topological polar surface area (TPSA) is 68.3 Å². The molecule has 0 aliphatic rings. The van der Waals surface area contributed by atoms with Gasteiger partial charge >= 0.3 is 5.97 Å². The molecule has 1 heterocycles. The first-order valence-corrected chi connectivity index (χ1v) is 8.67. The van der Waals surface area contributed by atoms with Crippen molar-refractivity contribution in [2.75, 3.05) is 7.11 Å². The summed E-state index contributed by atoms with van der Waals surface area (Å²) in [7, 11) is 1.32. The molecule has 0 aliphatic heterocycles. The van der Waals surface area contributed by atoms with Crippen molar-refractivity contribution in [2.45, 2.75) is 33.2 Å². The number of hydrogen-bond acceptors (Lipinski definition) is 5. The van der Waals surface area contributed by atoms with Crippen molar-refractivity contribution in [3.8, 4) is 10.6 Å². The number of hydrogen-bond donors (Lipinski definition) is 1. The van der Waals surface area contributed by atoms with E-state index < -0.39 is 12.0 Å². The van der Waals surface area contributed by atoms with Crippen molar-refractivity contribution in [1.29, 1.82) is 0 Å². The summed E-state index contributed by atoms with van der Waals surface area (Å²) in [6.07, 6.45) is 0.141. The lowest BCUT2D eigenvalue weighted by Gasteiger charge is -2.19. The van der Waals surface area contributed by atoms with Gasteiger partial charge in [0.25, 0.3) is 0 Å². The number of benzene rings is 1. The van der Waals surface area contributed by atoms with Gasteiger partial charge in [0.15, 0.2) is 0 Å². The van der Waals surface area contributed by atoms with Crippen LogP contribution in [-0.4, -0.2) is 30.0 Å². The lowest BCUT2D eigenvalue weighted by atomic mass is 10.0. The highest BCUT2D eigenvalue weighted by atomic mass is 32.1. The van der Waals surface area contributed by atoms with E-state index >= 15 is 0 Å². The Morgan fingerprint density at radius 1 is 1.33 bits per heavy atom. The van der Waals surface area contributed by atoms with Gasteiger partial charge in [-0.3, -0.25) is 4.79 Å². The summed E-state index contributed by atoms with van der Waals surface area (Å²) in [5.41, 5.74) is 2.91. The summed E-state index contributed by atoms with van der Waals surface area (Å²) >= 11 is 1.51. The van der Waals surface area contributed by atoms with Crippen LogP contribution in [0.15, 0.2) is 29.6 Å². The number of carbonyl (C=O) groups is 2. The third-order valence-corrected chi connectivity index (χ3v) is 4.54. The molecule has 5 nitrogen and oxygen atoms in total. The number of esters is 1. The van der Waals surface area contributed by atoms with Gasteiger partial charge in [-0.05, 0) is 18.9 Å². The molecule has 0 saturated carbocycles. The zero-order valence-electron chi connectivity index (χ0n) is 14.3. The first-order valence-electron chi connectivity index (χ1n) is 7.79. The predicted octanol–water partition coefficient (Wildman–Crippen LogP) is 2.97. The van der Waals surface area contributed by atoms with E-state index in [2.05, 4.69) is 16.4 Å².